The van der Waals surface area contributed by atoms with Gasteiger partial charge in [-0.1, -0.05) is 49.0 Å². The van der Waals surface area contributed by atoms with Gasteiger partial charge in [-0.25, -0.2) is 4.39 Å². The lowest BCUT2D eigenvalue weighted by molar-refractivity contribution is 0.460. The number of alkyl halides is 1. The zero-order valence-electron chi connectivity index (χ0n) is 17.8. The zero-order chi connectivity index (χ0) is 20.8. The molecule has 0 unspecified atom stereocenters. The molecule has 0 amide bonds. The van der Waals surface area contributed by atoms with E-state index in [1.807, 2.05) is 12.3 Å². The van der Waals surface area contributed by atoms with Crippen LogP contribution in [0.15, 0.2) is 23.1 Å². The number of nitrogens with zero attached hydrogens (tertiary/aromatic N) is 1. The molecule has 3 rings (SSSR count). The van der Waals surface area contributed by atoms with Crippen LogP contribution < -0.4 is 10.7 Å². The van der Waals surface area contributed by atoms with Gasteiger partial charge in [0.2, 0.25) is 0 Å². The van der Waals surface area contributed by atoms with Crippen LogP contribution in [0.25, 0.3) is 10.9 Å². The van der Waals surface area contributed by atoms with Crippen molar-refractivity contribution in [1.82, 2.24) is 4.57 Å². The van der Waals surface area contributed by atoms with E-state index in [1.165, 1.54) is 25.3 Å². The van der Waals surface area contributed by atoms with E-state index in [0.29, 0.717) is 23.2 Å². The second-order valence-electron chi connectivity index (χ2n) is 8.34. The Balaban J connectivity index is 2.07. The summed E-state index contributed by atoms with van der Waals surface area (Å²) in [4.78, 5) is 13.1. The lowest BCUT2D eigenvalue weighted by Gasteiger charge is -2.26. The van der Waals surface area contributed by atoms with Crippen molar-refractivity contribution in [2.24, 2.45) is 0 Å². The van der Waals surface area contributed by atoms with E-state index in [-0.39, 0.29) is 11.2 Å². The average molecular weight is 465 g/mol. The Bertz CT molecular complexity index is 869. The number of fused-ring (bicyclic) bond motifs is 1. The van der Waals surface area contributed by atoms with Crippen LogP contribution in [0.5, 0.6) is 0 Å². The SMILES string of the molecule is CCC(CC)n1cc(CCCCBr)c(=O)c2cc(F)c(NC3CCCCC3)cc21. The number of pyridine rings is 1. The van der Waals surface area contributed by atoms with Crippen LogP contribution in [-0.4, -0.2) is 15.9 Å². The van der Waals surface area contributed by atoms with Crippen LogP contribution >= 0.6 is 15.9 Å². The third-order valence-electron chi connectivity index (χ3n) is 6.33. The quantitative estimate of drug-likeness (QED) is 0.321. The Hall–Kier alpha value is -1.36. The molecule has 1 fully saturated rings. The van der Waals surface area contributed by atoms with Gasteiger partial charge in [0.1, 0.15) is 5.82 Å². The first-order chi connectivity index (χ1) is 14.1. The smallest absolute Gasteiger partial charge is 0.192 e. The number of aromatic nitrogens is 1. The number of nitrogens with one attached hydrogen (secondary N) is 1. The molecule has 1 N–H and O–H groups in total. The maximum Gasteiger partial charge on any atom is 0.192 e. The molecule has 1 saturated carbocycles. The second kappa shape index (κ2) is 10.6. The number of unbranched alkanes of at least 4 members (excludes halogenated alkanes) is 1. The van der Waals surface area contributed by atoms with Gasteiger partial charge in [0, 0.05) is 34.6 Å². The number of rotatable bonds is 9. The van der Waals surface area contributed by atoms with E-state index < -0.39 is 0 Å². The predicted octanol–water partition coefficient (Wildman–Crippen LogP) is 6.96. The molecule has 0 atom stereocenters. The fourth-order valence-corrected chi connectivity index (χ4v) is 4.97. The minimum absolute atomic E-state index is 0.0140. The largest absolute Gasteiger partial charge is 0.380 e. The molecule has 160 valence electrons. The fraction of sp³-hybridized carbons (Fsp3) is 0.625. The van der Waals surface area contributed by atoms with Crippen molar-refractivity contribution in [1.29, 1.82) is 0 Å². The summed E-state index contributed by atoms with van der Waals surface area (Å²) in [6.07, 6.45) is 12.6. The Kier molecular flexibility index (Phi) is 8.16. The highest BCUT2D eigenvalue weighted by Gasteiger charge is 2.19. The van der Waals surface area contributed by atoms with Crippen molar-refractivity contribution in [3.63, 3.8) is 0 Å². The Morgan fingerprint density at radius 3 is 2.55 bits per heavy atom. The zero-order valence-corrected chi connectivity index (χ0v) is 19.4. The molecule has 1 aliphatic carbocycles. The molecule has 1 aliphatic rings. The number of hydrogen-bond acceptors (Lipinski definition) is 2. The highest BCUT2D eigenvalue weighted by Crippen LogP contribution is 2.29. The summed E-state index contributed by atoms with van der Waals surface area (Å²) in [7, 11) is 0. The number of halogens is 2. The number of hydrogen-bond donors (Lipinski definition) is 1. The maximum absolute atomic E-state index is 15.0. The molecule has 0 radical (unpaired) electrons. The van der Waals surface area contributed by atoms with E-state index in [4.69, 9.17) is 0 Å². The van der Waals surface area contributed by atoms with Crippen LogP contribution in [0, 0.1) is 5.82 Å². The minimum Gasteiger partial charge on any atom is -0.380 e. The van der Waals surface area contributed by atoms with Crippen molar-refractivity contribution >= 4 is 32.5 Å². The molecule has 5 heteroatoms. The second-order valence-corrected chi connectivity index (χ2v) is 9.13. The van der Waals surface area contributed by atoms with Crippen molar-refractivity contribution in [2.45, 2.75) is 90.1 Å². The van der Waals surface area contributed by atoms with E-state index in [2.05, 4.69) is 39.7 Å². The van der Waals surface area contributed by atoms with Gasteiger partial charge in [-0.15, -0.1) is 0 Å². The monoisotopic (exact) mass is 464 g/mol. The molecule has 1 aromatic carbocycles. The highest BCUT2D eigenvalue weighted by molar-refractivity contribution is 9.09. The predicted molar refractivity (Wildman–Crippen MR) is 125 cm³/mol. The standard InChI is InChI=1S/C24H34BrFN2O/c1-3-19(4-2)28-16-17(10-8-9-13-25)24(29)20-14-21(26)22(15-23(20)28)27-18-11-6-5-7-12-18/h14-16,18-19,27H,3-13H2,1-2H3. The average Bonchev–Trinajstić information content (AvgIpc) is 2.73. The van der Waals surface area contributed by atoms with E-state index in [0.717, 1.165) is 61.4 Å². The minimum atomic E-state index is -0.311. The molecule has 0 spiro atoms. The van der Waals surface area contributed by atoms with Gasteiger partial charge in [0.25, 0.3) is 0 Å². The first kappa shape index (κ1) is 22.3. The van der Waals surface area contributed by atoms with Crippen molar-refractivity contribution in [3.8, 4) is 0 Å². The Morgan fingerprint density at radius 2 is 1.90 bits per heavy atom. The van der Waals surface area contributed by atoms with E-state index >= 15 is 0 Å². The summed E-state index contributed by atoms with van der Waals surface area (Å²) >= 11 is 3.46. The van der Waals surface area contributed by atoms with Crippen LogP contribution in [-0.2, 0) is 6.42 Å². The summed E-state index contributed by atoms with van der Waals surface area (Å²) in [5, 5.41) is 4.87. The Morgan fingerprint density at radius 1 is 1.17 bits per heavy atom. The molecule has 0 aliphatic heterocycles. The molecule has 2 aromatic rings. The van der Waals surface area contributed by atoms with Crippen LogP contribution in [0.1, 0.15) is 83.2 Å². The summed E-state index contributed by atoms with van der Waals surface area (Å²) in [5.74, 6) is -0.311. The van der Waals surface area contributed by atoms with Crippen LogP contribution in [0.4, 0.5) is 10.1 Å². The van der Waals surface area contributed by atoms with Gasteiger partial charge >= 0.3 is 0 Å². The third kappa shape index (κ3) is 5.22. The Labute approximate surface area is 182 Å². The van der Waals surface area contributed by atoms with Crippen LogP contribution in [0.3, 0.4) is 0 Å². The topological polar surface area (TPSA) is 34.0 Å². The van der Waals surface area contributed by atoms with Gasteiger partial charge in [-0.2, -0.15) is 0 Å². The highest BCUT2D eigenvalue weighted by atomic mass is 79.9. The molecule has 29 heavy (non-hydrogen) atoms. The molecular weight excluding hydrogens is 431 g/mol. The molecule has 1 heterocycles. The van der Waals surface area contributed by atoms with Gasteiger partial charge in [0.15, 0.2) is 5.43 Å². The summed E-state index contributed by atoms with van der Waals surface area (Å²) < 4.78 is 17.2. The number of anilines is 1. The van der Waals surface area contributed by atoms with E-state index in [1.54, 1.807) is 0 Å². The lowest BCUT2D eigenvalue weighted by Crippen LogP contribution is -2.23. The van der Waals surface area contributed by atoms with Crippen molar-refractivity contribution < 1.29 is 4.39 Å². The normalized spacial score (nSPS) is 15.3. The molecule has 0 bridgehead atoms. The van der Waals surface area contributed by atoms with Gasteiger partial charge < -0.3 is 9.88 Å². The first-order valence-electron chi connectivity index (χ1n) is 11.3. The lowest BCUT2D eigenvalue weighted by atomic mass is 9.95. The fourth-order valence-electron chi connectivity index (χ4n) is 4.58. The summed E-state index contributed by atoms with van der Waals surface area (Å²) in [6.45, 7) is 4.35. The first-order valence-corrected chi connectivity index (χ1v) is 12.4. The molecule has 1 aromatic heterocycles. The molecule has 3 nitrogen and oxygen atoms in total. The maximum atomic E-state index is 15.0. The van der Waals surface area contributed by atoms with Gasteiger partial charge in [0.05, 0.1) is 11.2 Å². The molecular formula is C24H34BrFN2O. The van der Waals surface area contributed by atoms with Crippen molar-refractivity contribution in [2.75, 3.05) is 10.6 Å². The van der Waals surface area contributed by atoms with Crippen molar-refractivity contribution in [3.05, 3.63) is 39.9 Å². The summed E-state index contributed by atoms with van der Waals surface area (Å²) in [5.41, 5.74) is 2.18. The molecule has 0 saturated heterocycles. The summed E-state index contributed by atoms with van der Waals surface area (Å²) in [6, 6.07) is 3.98. The van der Waals surface area contributed by atoms with E-state index in [9.17, 15) is 9.18 Å². The number of benzene rings is 1. The van der Waals surface area contributed by atoms with Gasteiger partial charge in [-0.3, -0.25) is 4.79 Å². The number of aryl methyl sites for hydroxylation is 1. The van der Waals surface area contributed by atoms with Gasteiger partial charge in [-0.05, 0) is 57.1 Å². The third-order valence-corrected chi connectivity index (χ3v) is 6.89. The van der Waals surface area contributed by atoms with Crippen LogP contribution in [0.2, 0.25) is 0 Å².